The van der Waals surface area contributed by atoms with Gasteiger partial charge in [-0.1, -0.05) is 115 Å². The number of carbonyl (C=O) groups is 3. The molecule has 0 spiro atoms. The Bertz CT molecular complexity index is 6420. The van der Waals surface area contributed by atoms with Crippen LogP contribution in [0.4, 0.5) is 0 Å². The molecule has 16 aromatic rings. The first-order valence-electron chi connectivity index (χ1n) is 37.8. The first-order chi connectivity index (χ1) is 55.5. The van der Waals surface area contributed by atoms with Crippen molar-refractivity contribution < 1.29 is 59.8 Å². The fraction of sp³-hybridized carbons (Fsp3) is 0.179. The van der Waals surface area contributed by atoms with Gasteiger partial charge in [0.1, 0.15) is 70.6 Å². The number of benzene rings is 10. The van der Waals surface area contributed by atoms with E-state index in [0.717, 1.165) is 109 Å². The molecule has 0 unspecified atom stereocenters. The quantitative estimate of drug-likeness (QED) is 0.0481. The van der Waals surface area contributed by atoms with Crippen LogP contribution in [0, 0.1) is 20.8 Å². The van der Waals surface area contributed by atoms with Crippen LogP contribution in [0.3, 0.4) is 0 Å². The highest BCUT2D eigenvalue weighted by Crippen LogP contribution is 2.44. The number of aryl methyl sites for hydroxylation is 3. The zero-order valence-electron chi connectivity index (χ0n) is 63.5. The van der Waals surface area contributed by atoms with E-state index < -0.39 is 16.9 Å². The molecule has 0 N–H and O–H groups in total. The van der Waals surface area contributed by atoms with Gasteiger partial charge in [-0.25, -0.2) is 14.4 Å². The van der Waals surface area contributed by atoms with Gasteiger partial charge in [0, 0.05) is 114 Å². The summed E-state index contributed by atoms with van der Waals surface area (Å²) < 4.78 is 58.5. The molecule has 2 aliphatic rings. The molecule has 0 aliphatic carbocycles. The van der Waals surface area contributed by atoms with E-state index in [9.17, 15) is 28.8 Å². The molecule has 18 rings (SSSR count). The van der Waals surface area contributed by atoms with Crippen LogP contribution < -0.4 is 31.1 Å². The van der Waals surface area contributed by atoms with Crippen molar-refractivity contribution in [3.63, 3.8) is 0 Å². The number of hydrogen-bond donors (Lipinski definition) is 0. The lowest BCUT2D eigenvalue weighted by Crippen LogP contribution is -2.38. The highest BCUT2D eigenvalue weighted by atomic mass is 16.5. The van der Waals surface area contributed by atoms with E-state index in [1.165, 1.54) is 29.3 Å². The van der Waals surface area contributed by atoms with Crippen LogP contribution in [0.2, 0.25) is 0 Å². The molecule has 6 aromatic heterocycles. The molecule has 19 heteroatoms. The third-order valence-electron chi connectivity index (χ3n) is 20.6. The summed E-state index contributed by atoms with van der Waals surface area (Å²) in [4.78, 5) is 84.8. The van der Waals surface area contributed by atoms with Gasteiger partial charge in [-0.2, -0.15) is 0 Å². The van der Waals surface area contributed by atoms with E-state index in [1.807, 2.05) is 179 Å². The average Bonchev–Trinajstić information content (AvgIpc) is 1.58. The Hall–Kier alpha value is -13.3. The van der Waals surface area contributed by atoms with Gasteiger partial charge in [0.15, 0.2) is 17.3 Å². The summed E-state index contributed by atoms with van der Waals surface area (Å²) in [7, 11) is 3.97. The number of ketones is 3. The second-order valence-corrected chi connectivity index (χ2v) is 28.6. The second-order valence-electron chi connectivity index (χ2n) is 28.6. The van der Waals surface area contributed by atoms with Crippen LogP contribution in [0.15, 0.2) is 284 Å². The fourth-order valence-corrected chi connectivity index (χ4v) is 14.8. The number of nitrogens with zero attached hydrogens (tertiary/aromatic N) is 3. The smallest absolute Gasteiger partial charge is 0.336 e. The number of fused-ring (bicyclic) bond motifs is 10. The summed E-state index contributed by atoms with van der Waals surface area (Å²) in [6.45, 7) is 14.9. The largest absolute Gasteiger partial charge is 0.492 e. The van der Waals surface area contributed by atoms with Crippen LogP contribution in [-0.2, 0) is 17.8 Å². The molecule has 8 heterocycles. The summed E-state index contributed by atoms with van der Waals surface area (Å²) in [6, 6.07) is 73.8. The maximum absolute atomic E-state index is 13.9. The van der Waals surface area contributed by atoms with E-state index in [1.54, 1.807) is 60.7 Å². The number of morpholine rings is 1. The van der Waals surface area contributed by atoms with Gasteiger partial charge >= 0.3 is 16.9 Å². The van der Waals surface area contributed by atoms with E-state index in [4.69, 9.17) is 45.5 Å². The predicted octanol–water partition coefficient (Wildman–Crippen LogP) is 18.3. The summed E-state index contributed by atoms with van der Waals surface area (Å²) in [5.41, 5.74) is 12.2. The normalized spacial score (nSPS) is 13.0. The minimum Gasteiger partial charge on any atom is -0.492 e. The standard InChI is InChI=1S/C35H27NO5.C31H27NO6.C29H25NO5/c1-22-19-30(37)41-34-28(22)15-16-29-32(34)31(23-7-3-2-4-8-23)35(40-29)33(38)24-11-13-27(14-12-24)39-18-17-36-20-25-9-5-6-10-26(25)21-36;1-20-19-26(33)38-30-24(20)11-12-25-28(30)27(21-5-3-2-4-6-21)31(37-25)29(34)22-7-9-23(10-8-22)36-18-15-32-13-16-35-17-14-32;1-18-17-24(31)35-28-22(18)13-14-23-26(28)25(19-7-5-4-6-8-19)29(34-23)27(32)20-9-11-21(12-10-20)33-16-15-30(2)3/h2-16,19H,17-18,20-21H2,1H3;2-12,19H,13-18H2,1H3;4-14,17H,15-16H2,1-3H3. The van der Waals surface area contributed by atoms with Crippen LogP contribution in [0.25, 0.3) is 99.2 Å². The summed E-state index contributed by atoms with van der Waals surface area (Å²) in [5, 5.41) is 4.23. The number of ether oxygens (including phenoxy) is 4. The molecule has 1 fully saturated rings. The molecule has 10 aromatic carbocycles. The van der Waals surface area contributed by atoms with Gasteiger partial charge in [-0.05, 0) is 189 Å². The lowest BCUT2D eigenvalue weighted by atomic mass is 9.96. The molecule has 114 heavy (non-hydrogen) atoms. The second kappa shape index (κ2) is 32.9. The van der Waals surface area contributed by atoms with Crippen molar-refractivity contribution in [2.75, 3.05) is 79.9 Å². The van der Waals surface area contributed by atoms with Gasteiger partial charge in [0.2, 0.25) is 17.3 Å². The average molecular weight is 1520 g/mol. The minimum atomic E-state index is -0.445. The number of likely N-dealkylation sites (N-methyl/N-ethyl adjacent to an activating group) is 1. The molecule has 0 saturated carbocycles. The van der Waals surface area contributed by atoms with Gasteiger partial charge in [0.25, 0.3) is 0 Å². The van der Waals surface area contributed by atoms with E-state index in [0.29, 0.717) is 120 Å². The summed E-state index contributed by atoms with van der Waals surface area (Å²) in [6.07, 6.45) is 0. The first-order valence-corrected chi connectivity index (χ1v) is 37.8. The summed E-state index contributed by atoms with van der Waals surface area (Å²) in [5.74, 6) is 1.91. The molecule has 570 valence electrons. The van der Waals surface area contributed by atoms with Crippen molar-refractivity contribution in [2.45, 2.75) is 33.9 Å². The van der Waals surface area contributed by atoms with Gasteiger partial charge in [-0.3, -0.25) is 24.2 Å². The van der Waals surface area contributed by atoms with Crippen LogP contribution in [-0.4, -0.2) is 112 Å². The van der Waals surface area contributed by atoms with Crippen LogP contribution in [0.1, 0.15) is 76.2 Å². The molecule has 0 amide bonds. The molecular weight excluding hydrogens is 1440 g/mol. The Morgan fingerprint density at radius 2 is 0.684 bits per heavy atom. The number of carbonyl (C=O) groups excluding carboxylic acids is 3. The molecule has 0 atom stereocenters. The molecule has 0 radical (unpaired) electrons. The van der Waals surface area contributed by atoms with Crippen molar-refractivity contribution in [3.05, 3.63) is 336 Å². The number of rotatable bonds is 21. The Kier molecular flexibility index (Phi) is 21.6. The van der Waals surface area contributed by atoms with Crippen molar-refractivity contribution in [3.8, 4) is 50.6 Å². The molecular formula is C95H79N3O16. The lowest BCUT2D eigenvalue weighted by Gasteiger charge is -2.26. The monoisotopic (exact) mass is 1520 g/mol. The molecule has 1 saturated heterocycles. The van der Waals surface area contributed by atoms with Crippen molar-refractivity contribution in [1.29, 1.82) is 0 Å². The van der Waals surface area contributed by atoms with E-state index >= 15 is 0 Å². The predicted molar refractivity (Wildman–Crippen MR) is 440 cm³/mol. The Morgan fingerprint density at radius 1 is 0.368 bits per heavy atom. The van der Waals surface area contributed by atoms with Gasteiger partial charge in [0.05, 0.1) is 29.4 Å². The van der Waals surface area contributed by atoms with Crippen LogP contribution >= 0.6 is 0 Å². The van der Waals surface area contributed by atoms with Crippen molar-refractivity contribution in [2.24, 2.45) is 0 Å². The van der Waals surface area contributed by atoms with Crippen molar-refractivity contribution >= 4 is 83.2 Å². The van der Waals surface area contributed by atoms with Crippen LogP contribution in [0.5, 0.6) is 17.2 Å². The first kappa shape index (κ1) is 74.8. The Balaban J connectivity index is 0.000000129. The minimum absolute atomic E-state index is 0.198. The maximum Gasteiger partial charge on any atom is 0.336 e. The zero-order chi connectivity index (χ0) is 78.5. The third kappa shape index (κ3) is 15.7. The lowest BCUT2D eigenvalue weighted by molar-refractivity contribution is 0.0322. The van der Waals surface area contributed by atoms with E-state index in [-0.39, 0.29) is 34.6 Å². The Labute approximate surface area is 654 Å². The highest BCUT2D eigenvalue weighted by molar-refractivity contribution is 6.23. The van der Waals surface area contributed by atoms with Gasteiger partial charge in [-0.15, -0.1) is 0 Å². The third-order valence-corrected chi connectivity index (χ3v) is 20.6. The maximum atomic E-state index is 13.9. The number of furan rings is 3. The molecule has 19 nitrogen and oxygen atoms in total. The Morgan fingerprint density at radius 3 is 1.02 bits per heavy atom. The van der Waals surface area contributed by atoms with E-state index in [2.05, 4.69) is 34.1 Å². The number of hydrogen-bond acceptors (Lipinski definition) is 19. The summed E-state index contributed by atoms with van der Waals surface area (Å²) >= 11 is 0. The molecule has 0 bridgehead atoms. The van der Waals surface area contributed by atoms with Gasteiger partial charge < -0.3 is 50.4 Å². The highest BCUT2D eigenvalue weighted by Gasteiger charge is 2.31. The fourth-order valence-electron chi connectivity index (χ4n) is 14.8. The van der Waals surface area contributed by atoms with Crippen molar-refractivity contribution in [1.82, 2.24) is 14.7 Å². The molecule has 2 aliphatic heterocycles. The SMILES string of the molecule is Cc1cc(=O)oc2c1ccc1oc(C(=O)c3ccc(OCCN(C)C)cc3)c(-c3ccccc3)c12.Cc1cc(=O)oc2c1ccc1oc(C(=O)c3ccc(OCCN4CCOCC4)cc3)c(-c3ccccc3)c12.Cc1cc(=O)oc2c1ccc1oc(C(=O)c3ccc(OCCN4Cc5ccccc5C4)cc3)c(-c3ccccc3)c12. The zero-order valence-corrected chi connectivity index (χ0v) is 63.5. The topological polar surface area (TPSA) is 228 Å².